The SMILES string of the molecule is O=C(c1ccccn1)N1CCC(Nc2ncccc2[N+](=O)[O-])C1. The predicted molar refractivity (Wildman–Crippen MR) is 83.1 cm³/mol. The van der Waals surface area contributed by atoms with E-state index in [-0.39, 0.29) is 23.5 Å². The summed E-state index contributed by atoms with van der Waals surface area (Å²) in [7, 11) is 0. The van der Waals surface area contributed by atoms with Crippen LogP contribution in [0.15, 0.2) is 42.7 Å². The quantitative estimate of drug-likeness (QED) is 0.681. The van der Waals surface area contributed by atoms with Gasteiger partial charge in [-0.1, -0.05) is 6.07 Å². The maximum absolute atomic E-state index is 12.3. The van der Waals surface area contributed by atoms with E-state index in [4.69, 9.17) is 0 Å². The van der Waals surface area contributed by atoms with Gasteiger partial charge in [-0.15, -0.1) is 0 Å². The maximum atomic E-state index is 12.3. The first kappa shape index (κ1) is 14.9. The number of nitrogens with one attached hydrogen (secondary N) is 1. The number of nitro groups is 1. The lowest BCUT2D eigenvalue weighted by atomic mass is 10.2. The topological polar surface area (TPSA) is 101 Å². The van der Waals surface area contributed by atoms with Gasteiger partial charge in [0.2, 0.25) is 5.82 Å². The van der Waals surface area contributed by atoms with Gasteiger partial charge < -0.3 is 10.2 Å². The van der Waals surface area contributed by atoms with Gasteiger partial charge in [0.05, 0.1) is 4.92 Å². The number of hydrogen-bond acceptors (Lipinski definition) is 6. The highest BCUT2D eigenvalue weighted by atomic mass is 16.6. The fraction of sp³-hybridized carbons (Fsp3) is 0.267. The molecule has 0 bridgehead atoms. The van der Waals surface area contributed by atoms with Crippen LogP contribution in [0.4, 0.5) is 11.5 Å². The number of amides is 1. The standard InChI is InChI=1S/C15H15N5O3/c21-15(12-4-1-2-7-16-12)19-9-6-11(10-19)18-14-13(20(22)23)5-3-8-17-14/h1-5,7-8,11H,6,9-10H2,(H,17,18). The number of likely N-dealkylation sites (tertiary alicyclic amines) is 1. The van der Waals surface area contributed by atoms with Crippen LogP contribution >= 0.6 is 0 Å². The molecule has 1 aliphatic heterocycles. The molecular weight excluding hydrogens is 298 g/mol. The van der Waals surface area contributed by atoms with Crippen molar-refractivity contribution in [3.8, 4) is 0 Å². The van der Waals surface area contributed by atoms with Gasteiger partial charge in [0.15, 0.2) is 0 Å². The fourth-order valence-electron chi connectivity index (χ4n) is 2.56. The summed E-state index contributed by atoms with van der Waals surface area (Å²) < 4.78 is 0. The Morgan fingerprint density at radius 2 is 2.09 bits per heavy atom. The summed E-state index contributed by atoms with van der Waals surface area (Å²) in [6, 6.07) is 8.05. The fourth-order valence-corrected chi connectivity index (χ4v) is 2.56. The Morgan fingerprint density at radius 3 is 2.83 bits per heavy atom. The minimum Gasteiger partial charge on any atom is -0.360 e. The molecule has 8 nitrogen and oxygen atoms in total. The van der Waals surface area contributed by atoms with E-state index in [1.54, 1.807) is 29.3 Å². The Morgan fingerprint density at radius 1 is 1.26 bits per heavy atom. The van der Waals surface area contributed by atoms with Gasteiger partial charge in [0.1, 0.15) is 5.69 Å². The van der Waals surface area contributed by atoms with Crippen LogP contribution in [0.1, 0.15) is 16.9 Å². The van der Waals surface area contributed by atoms with Crippen LogP contribution in [0, 0.1) is 10.1 Å². The van der Waals surface area contributed by atoms with Crippen molar-refractivity contribution in [3.63, 3.8) is 0 Å². The van der Waals surface area contributed by atoms with Crippen molar-refractivity contribution in [2.45, 2.75) is 12.5 Å². The third-order valence-electron chi connectivity index (χ3n) is 3.68. The van der Waals surface area contributed by atoms with E-state index < -0.39 is 4.92 Å². The summed E-state index contributed by atoms with van der Waals surface area (Å²) in [6.07, 6.45) is 3.78. The number of pyridine rings is 2. The highest BCUT2D eigenvalue weighted by Crippen LogP contribution is 2.23. The van der Waals surface area contributed by atoms with Crippen molar-refractivity contribution in [3.05, 3.63) is 58.5 Å². The van der Waals surface area contributed by atoms with Crippen molar-refractivity contribution >= 4 is 17.4 Å². The number of nitrogens with zero attached hydrogens (tertiary/aromatic N) is 4. The third-order valence-corrected chi connectivity index (χ3v) is 3.68. The number of aromatic nitrogens is 2. The van der Waals surface area contributed by atoms with Crippen LogP contribution in [0.5, 0.6) is 0 Å². The summed E-state index contributed by atoms with van der Waals surface area (Å²) in [5.41, 5.74) is 0.332. The molecule has 0 saturated carbocycles. The van der Waals surface area contributed by atoms with E-state index in [0.29, 0.717) is 25.2 Å². The number of anilines is 1. The summed E-state index contributed by atoms with van der Waals surface area (Å²) in [4.78, 5) is 32.6. The second kappa shape index (κ2) is 6.39. The summed E-state index contributed by atoms with van der Waals surface area (Å²) >= 11 is 0. The van der Waals surface area contributed by atoms with Crippen LogP contribution in [0.2, 0.25) is 0 Å². The zero-order valence-corrected chi connectivity index (χ0v) is 12.3. The molecule has 2 aromatic rings. The molecule has 0 radical (unpaired) electrons. The molecule has 23 heavy (non-hydrogen) atoms. The van der Waals surface area contributed by atoms with Crippen LogP contribution in [-0.4, -0.2) is 44.8 Å². The second-order valence-electron chi connectivity index (χ2n) is 5.22. The van der Waals surface area contributed by atoms with E-state index in [0.717, 1.165) is 0 Å². The molecule has 8 heteroatoms. The average Bonchev–Trinajstić information content (AvgIpc) is 3.04. The van der Waals surface area contributed by atoms with E-state index in [9.17, 15) is 14.9 Å². The molecule has 3 heterocycles. The summed E-state index contributed by atoms with van der Waals surface area (Å²) in [5, 5.41) is 14.1. The monoisotopic (exact) mass is 313 g/mol. The van der Waals surface area contributed by atoms with Crippen LogP contribution in [0.25, 0.3) is 0 Å². The molecule has 1 atom stereocenters. The van der Waals surface area contributed by atoms with Gasteiger partial charge in [-0.2, -0.15) is 0 Å². The lowest BCUT2D eigenvalue weighted by Crippen LogP contribution is -2.32. The van der Waals surface area contributed by atoms with Crippen molar-refractivity contribution in [1.82, 2.24) is 14.9 Å². The zero-order chi connectivity index (χ0) is 16.2. The molecule has 0 aromatic carbocycles. The van der Waals surface area contributed by atoms with Crippen molar-refractivity contribution in [1.29, 1.82) is 0 Å². The second-order valence-corrected chi connectivity index (χ2v) is 5.22. The lowest BCUT2D eigenvalue weighted by Gasteiger charge is -2.16. The van der Waals surface area contributed by atoms with Gasteiger partial charge in [0.25, 0.3) is 5.91 Å². The van der Waals surface area contributed by atoms with Crippen LogP contribution < -0.4 is 5.32 Å². The van der Waals surface area contributed by atoms with E-state index in [2.05, 4.69) is 15.3 Å². The first-order chi connectivity index (χ1) is 11.1. The molecule has 118 valence electrons. The minimum atomic E-state index is -0.471. The van der Waals surface area contributed by atoms with Gasteiger partial charge in [-0.25, -0.2) is 4.98 Å². The first-order valence-electron chi connectivity index (χ1n) is 7.21. The molecule has 0 spiro atoms. The Kier molecular flexibility index (Phi) is 4.13. The Bertz CT molecular complexity index is 722. The minimum absolute atomic E-state index is 0.0676. The number of rotatable bonds is 4. The van der Waals surface area contributed by atoms with Crippen molar-refractivity contribution < 1.29 is 9.72 Å². The number of hydrogen-bond donors (Lipinski definition) is 1. The molecule has 0 aliphatic carbocycles. The zero-order valence-electron chi connectivity index (χ0n) is 12.3. The van der Waals surface area contributed by atoms with Gasteiger partial charge >= 0.3 is 5.69 Å². The van der Waals surface area contributed by atoms with Crippen molar-refractivity contribution in [2.24, 2.45) is 0 Å². The number of carbonyl (C=O) groups is 1. The summed E-state index contributed by atoms with van der Waals surface area (Å²) in [6.45, 7) is 1.04. The Hall–Kier alpha value is -3.03. The predicted octanol–water partition coefficient (Wildman–Crippen LogP) is 1.71. The van der Waals surface area contributed by atoms with Gasteiger partial charge in [0, 0.05) is 37.6 Å². The number of carbonyl (C=O) groups excluding carboxylic acids is 1. The van der Waals surface area contributed by atoms with E-state index in [1.807, 2.05) is 0 Å². The van der Waals surface area contributed by atoms with E-state index >= 15 is 0 Å². The third kappa shape index (κ3) is 3.25. The molecule has 1 aliphatic rings. The molecule has 1 saturated heterocycles. The Labute approximate surface area is 132 Å². The molecule has 1 unspecified atom stereocenters. The average molecular weight is 313 g/mol. The molecule has 1 fully saturated rings. The van der Waals surface area contributed by atoms with Crippen LogP contribution in [0.3, 0.4) is 0 Å². The molecule has 3 rings (SSSR count). The van der Waals surface area contributed by atoms with Gasteiger partial charge in [-0.05, 0) is 24.6 Å². The Balaban J connectivity index is 1.67. The smallest absolute Gasteiger partial charge is 0.311 e. The maximum Gasteiger partial charge on any atom is 0.311 e. The van der Waals surface area contributed by atoms with Gasteiger partial charge in [-0.3, -0.25) is 19.9 Å². The van der Waals surface area contributed by atoms with E-state index in [1.165, 1.54) is 18.3 Å². The molecular formula is C15H15N5O3. The van der Waals surface area contributed by atoms with Crippen molar-refractivity contribution in [2.75, 3.05) is 18.4 Å². The first-order valence-corrected chi connectivity index (χ1v) is 7.21. The largest absolute Gasteiger partial charge is 0.360 e. The lowest BCUT2D eigenvalue weighted by molar-refractivity contribution is -0.384. The molecule has 1 amide bonds. The molecule has 2 aromatic heterocycles. The summed E-state index contributed by atoms with van der Waals surface area (Å²) in [5.74, 6) is 0.0973. The highest BCUT2D eigenvalue weighted by molar-refractivity contribution is 5.92. The van der Waals surface area contributed by atoms with Crippen LogP contribution in [-0.2, 0) is 0 Å². The molecule has 1 N–H and O–H groups in total. The normalized spacial score (nSPS) is 17.0. The highest BCUT2D eigenvalue weighted by Gasteiger charge is 2.29.